The number of nitrogens with two attached hydrogens (primary N) is 1. The molecule has 1 fully saturated rings. The molecule has 0 radical (unpaired) electrons. The van der Waals surface area contributed by atoms with Crippen LogP contribution in [-0.2, 0) is 0 Å². The molecule has 2 unspecified atom stereocenters. The van der Waals surface area contributed by atoms with E-state index in [4.69, 9.17) is 10.8 Å². The summed E-state index contributed by atoms with van der Waals surface area (Å²) in [7, 11) is 0. The van der Waals surface area contributed by atoms with Crippen LogP contribution in [0.2, 0.25) is 0 Å². The fourth-order valence-corrected chi connectivity index (χ4v) is 2.04. The molecule has 0 amide bonds. The number of phenols is 1. The zero-order chi connectivity index (χ0) is 10.5. The maximum Gasteiger partial charge on any atom is 0.130 e. The van der Waals surface area contributed by atoms with Crippen molar-refractivity contribution in [2.24, 2.45) is 11.1 Å². The van der Waals surface area contributed by atoms with Crippen LogP contribution in [-0.4, -0.2) is 11.1 Å². The molecule has 0 aliphatic heterocycles. The summed E-state index contributed by atoms with van der Waals surface area (Å²) in [4.78, 5) is 0. The Morgan fingerprint density at radius 3 is 2.43 bits per heavy atom. The molecule has 0 saturated heterocycles. The van der Waals surface area contributed by atoms with E-state index in [9.17, 15) is 4.39 Å². The van der Waals surface area contributed by atoms with Crippen LogP contribution in [0.25, 0.3) is 0 Å². The molecule has 14 heavy (non-hydrogen) atoms. The highest BCUT2D eigenvalue weighted by Crippen LogP contribution is 2.57. The van der Waals surface area contributed by atoms with E-state index >= 15 is 0 Å². The van der Waals surface area contributed by atoms with Gasteiger partial charge in [-0.1, -0.05) is 19.9 Å². The monoisotopic (exact) mass is 195 g/mol. The molecule has 3 heteroatoms. The minimum absolute atomic E-state index is 0.0153. The van der Waals surface area contributed by atoms with E-state index in [-0.39, 0.29) is 28.9 Å². The first-order valence-electron chi connectivity index (χ1n) is 4.68. The molecular weight excluding hydrogens is 181 g/mol. The van der Waals surface area contributed by atoms with E-state index in [0.717, 1.165) is 6.07 Å². The summed E-state index contributed by atoms with van der Waals surface area (Å²) >= 11 is 0. The first-order chi connectivity index (χ1) is 6.44. The van der Waals surface area contributed by atoms with Crippen LogP contribution in [0.3, 0.4) is 0 Å². The molecule has 0 bridgehead atoms. The molecule has 0 spiro atoms. The minimum Gasteiger partial charge on any atom is -0.508 e. The fraction of sp³-hybridized carbons (Fsp3) is 0.455. The summed E-state index contributed by atoms with van der Waals surface area (Å²) in [5.41, 5.74) is 6.44. The first kappa shape index (κ1) is 9.46. The Labute approximate surface area is 82.5 Å². The van der Waals surface area contributed by atoms with Crippen molar-refractivity contribution >= 4 is 0 Å². The number of benzene rings is 1. The maximum absolute atomic E-state index is 13.4. The topological polar surface area (TPSA) is 46.2 Å². The van der Waals surface area contributed by atoms with Crippen molar-refractivity contribution in [1.29, 1.82) is 0 Å². The van der Waals surface area contributed by atoms with Crippen molar-refractivity contribution < 1.29 is 9.50 Å². The van der Waals surface area contributed by atoms with Crippen LogP contribution in [0, 0.1) is 11.2 Å². The molecule has 1 aromatic carbocycles. The standard InChI is InChI=1S/C11H14FNO/c1-11(2)9(10(11)13)7-4-3-6(14)5-8(7)12/h3-5,9-10,14H,13H2,1-2H3. The Morgan fingerprint density at radius 2 is 2.00 bits per heavy atom. The van der Waals surface area contributed by atoms with Gasteiger partial charge in [0.2, 0.25) is 0 Å². The number of phenolic OH excluding ortho intramolecular Hbond substituents is 1. The maximum atomic E-state index is 13.4. The van der Waals surface area contributed by atoms with Crippen LogP contribution >= 0.6 is 0 Å². The molecule has 1 aliphatic carbocycles. The molecule has 2 atom stereocenters. The third-order valence-corrected chi connectivity index (χ3v) is 3.23. The van der Waals surface area contributed by atoms with Gasteiger partial charge in [0.05, 0.1) is 0 Å². The highest BCUT2D eigenvalue weighted by atomic mass is 19.1. The van der Waals surface area contributed by atoms with Crippen LogP contribution in [0.5, 0.6) is 5.75 Å². The van der Waals surface area contributed by atoms with Crippen LogP contribution in [0.4, 0.5) is 4.39 Å². The Morgan fingerprint density at radius 1 is 1.43 bits per heavy atom. The lowest BCUT2D eigenvalue weighted by Gasteiger charge is -2.04. The van der Waals surface area contributed by atoms with Crippen molar-refractivity contribution in [3.05, 3.63) is 29.6 Å². The van der Waals surface area contributed by atoms with Gasteiger partial charge in [-0.05, 0) is 17.0 Å². The second kappa shape index (κ2) is 2.70. The lowest BCUT2D eigenvalue weighted by molar-refractivity contribution is 0.467. The minimum atomic E-state index is -0.365. The average molecular weight is 195 g/mol. The highest BCUT2D eigenvalue weighted by molar-refractivity contribution is 5.38. The highest BCUT2D eigenvalue weighted by Gasteiger charge is 2.56. The Balaban J connectivity index is 2.36. The van der Waals surface area contributed by atoms with E-state index in [2.05, 4.69) is 0 Å². The quantitative estimate of drug-likeness (QED) is 0.719. The smallest absolute Gasteiger partial charge is 0.130 e. The molecule has 0 heterocycles. The van der Waals surface area contributed by atoms with Gasteiger partial charge in [-0.2, -0.15) is 0 Å². The van der Waals surface area contributed by atoms with E-state index in [1.807, 2.05) is 13.8 Å². The van der Waals surface area contributed by atoms with E-state index in [1.54, 1.807) is 6.07 Å². The summed E-state index contributed by atoms with van der Waals surface area (Å²) in [5.74, 6) is -0.336. The number of hydrogen-bond donors (Lipinski definition) is 2. The molecule has 0 aromatic heterocycles. The zero-order valence-electron chi connectivity index (χ0n) is 8.29. The van der Waals surface area contributed by atoms with Crippen molar-refractivity contribution in [2.45, 2.75) is 25.8 Å². The Kier molecular flexibility index (Phi) is 1.83. The molecule has 76 valence electrons. The number of aromatic hydroxyl groups is 1. The van der Waals surface area contributed by atoms with E-state index in [0.29, 0.717) is 5.56 Å². The Hall–Kier alpha value is -1.09. The second-order valence-electron chi connectivity index (χ2n) is 4.53. The summed E-state index contributed by atoms with van der Waals surface area (Å²) < 4.78 is 13.4. The van der Waals surface area contributed by atoms with E-state index < -0.39 is 0 Å². The van der Waals surface area contributed by atoms with E-state index in [1.165, 1.54) is 6.07 Å². The van der Waals surface area contributed by atoms with Gasteiger partial charge in [0.25, 0.3) is 0 Å². The van der Waals surface area contributed by atoms with Gasteiger partial charge in [0, 0.05) is 18.0 Å². The summed E-state index contributed by atoms with van der Waals surface area (Å²) in [5, 5.41) is 9.06. The molecule has 1 aliphatic rings. The molecule has 1 aromatic rings. The van der Waals surface area contributed by atoms with Crippen molar-refractivity contribution in [3.63, 3.8) is 0 Å². The van der Waals surface area contributed by atoms with Gasteiger partial charge >= 0.3 is 0 Å². The van der Waals surface area contributed by atoms with Crippen molar-refractivity contribution in [2.75, 3.05) is 0 Å². The van der Waals surface area contributed by atoms with Gasteiger partial charge < -0.3 is 10.8 Å². The lowest BCUT2D eigenvalue weighted by atomic mass is 10.0. The zero-order valence-corrected chi connectivity index (χ0v) is 8.29. The molecule has 1 saturated carbocycles. The summed E-state index contributed by atoms with van der Waals surface area (Å²) in [6.07, 6.45) is 0. The first-order valence-corrected chi connectivity index (χ1v) is 4.68. The molecule has 2 nitrogen and oxygen atoms in total. The number of halogens is 1. The molecule has 2 rings (SSSR count). The SMILES string of the molecule is CC1(C)C(N)C1c1ccc(O)cc1F. The van der Waals surface area contributed by atoms with Crippen LogP contribution in [0.15, 0.2) is 18.2 Å². The number of hydrogen-bond acceptors (Lipinski definition) is 2. The predicted octanol–water partition coefficient (Wildman–Crippen LogP) is 1.98. The lowest BCUT2D eigenvalue weighted by Crippen LogP contribution is -2.06. The predicted molar refractivity (Wildman–Crippen MR) is 52.6 cm³/mol. The van der Waals surface area contributed by atoms with Gasteiger partial charge in [0.15, 0.2) is 0 Å². The van der Waals surface area contributed by atoms with Crippen molar-refractivity contribution in [3.8, 4) is 5.75 Å². The largest absolute Gasteiger partial charge is 0.508 e. The summed E-state index contributed by atoms with van der Waals surface area (Å²) in [6.45, 7) is 4.04. The average Bonchev–Trinajstić information content (AvgIpc) is 2.54. The van der Waals surface area contributed by atoms with Gasteiger partial charge in [-0.3, -0.25) is 0 Å². The fourth-order valence-electron chi connectivity index (χ4n) is 2.04. The Bertz CT molecular complexity index is 376. The third kappa shape index (κ3) is 1.20. The molecule has 3 N–H and O–H groups in total. The third-order valence-electron chi connectivity index (χ3n) is 3.23. The van der Waals surface area contributed by atoms with Crippen LogP contribution < -0.4 is 5.73 Å². The summed E-state index contributed by atoms with van der Waals surface area (Å²) in [6, 6.07) is 4.27. The van der Waals surface area contributed by atoms with Crippen LogP contribution in [0.1, 0.15) is 25.3 Å². The van der Waals surface area contributed by atoms with Gasteiger partial charge in [-0.25, -0.2) is 4.39 Å². The van der Waals surface area contributed by atoms with Gasteiger partial charge in [-0.15, -0.1) is 0 Å². The normalized spacial score (nSPS) is 28.9. The molecular formula is C11H14FNO. The second-order valence-corrected chi connectivity index (χ2v) is 4.53. The number of rotatable bonds is 1. The van der Waals surface area contributed by atoms with Gasteiger partial charge in [0.1, 0.15) is 11.6 Å². The van der Waals surface area contributed by atoms with Crippen molar-refractivity contribution in [1.82, 2.24) is 0 Å².